The van der Waals surface area contributed by atoms with Gasteiger partial charge in [-0.25, -0.2) is 0 Å². The summed E-state index contributed by atoms with van der Waals surface area (Å²) in [7, 11) is 0. The Morgan fingerprint density at radius 3 is 2.20 bits per heavy atom. The normalized spacial score (nSPS) is 10.1. The van der Waals surface area contributed by atoms with Crippen LogP contribution in [0, 0.1) is 0 Å². The minimum Gasteiger partial charge on any atom is -0.366 e. The number of nitrogens with two attached hydrogens (primary N) is 1. The van der Waals surface area contributed by atoms with Crippen molar-refractivity contribution in [3.63, 3.8) is 0 Å². The van der Waals surface area contributed by atoms with Gasteiger partial charge < -0.3 is 16.0 Å². The van der Waals surface area contributed by atoms with Crippen LogP contribution >= 0.6 is 0 Å². The second-order valence-electron chi connectivity index (χ2n) is 5.67. The molecule has 3 N–H and O–H groups in total. The first-order chi connectivity index (χ1) is 12.0. The van der Waals surface area contributed by atoms with E-state index in [0.29, 0.717) is 24.3 Å². The zero-order valence-corrected chi connectivity index (χ0v) is 14.1. The van der Waals surface area contributed by atoms with Gasteiger partial charge in [0, 0.05) is 37.7 Å². The molecule has 2 rings (SSSR count). The van der Waals surface area contributed by atoms with E-state index in [9.17, 15) is 14.4 Å². The first kappa shape index (κ1) is 18.2. The number of primary amides is 1. The number of anilines is 1. The molecule has 0 bridgehead atoms. The molecule has 0 aromatic heterocycles. The maximum Gasteiger partial charge on any atom is 0.248 e. The smallest absolute Gasteiger partial charge is 0.248 e. The number of carbonyl (C=O) groups excluding carboxylic acids is 3. The Balaban J connectivity index is 1.88. The molecule has 6 heteroatoms. The number of rotatable bonds is 7. The molecular weight excluding hydrogens is 318 g/mol. The molecule has 0 fully saturated rings. The van der Waals surface area contributed by atoms with Crippen molar-refractivity contribution in [2.24, 2.45) is 5.73 Å². The summed E-state index contributed by atoms with van der Waals surface area (Å²) in [5, 5.41) is 2.74. The molecule has 0 atom stereocenters. The number of hydrogen-bond acceptors (Lipinski definition) is 3. The first-order valence-electron chi connectivity index (χ1n) is 7.95. The standard InChI is InChI=1S/C19H21N3O3/c1-14(23)22(13-15-5-3-2-4-6-15)12-11-18(24)21-17-9-7-16(8-10-17)19(20)25/h2-10H,11-13H2,1H3,(H2,20,25)(H,21,24). The minimum absolute atomic E-state index is 0.0811. The third kappa shape index (κ3) is 5.76. The van der Waals surface area contributed by atoms with Crippen LogP contribution in [0.1, 0.15) is 29.3 Å². The van der Waals surface area contributed by atoms with Crippen molar-refractivity contribution in [1.82, 2.24) is 4.90 Å². The summed E-state index contributed by atoms with van der Waals surface area (Å²) in [5.41, 5.74) is 7.14. The van der Waals surface area contributed by atoms with Crippen LogP contribution in [0.2, 0.25) is 0 Å². The van der Waals surface area contributed by atoms with Crippen LogP contribution < -0.4 is 11.1 Å². The fourth-order valence-corrected chi connectivity index (χ4v) is 2.33. The number of nitrogens with zero attached hydrogens (tertiary/aromatic N) is 1. The molecular formula is C19H21N3O3. The lowest BCUT2D eigenvalue weighted by molar-refractivity contribution is -0.129. The lowest BCUT2D eigenvalue weighted by Crippen LogP contribution is -2.31. The first-order valence-corrected chi connectivity index (χ1v) is 7.95. The van der Waals surface area contributed by atoms with Gasteiger partial charge in [0.25, 0.3) is 0 Å². The van der Waals surface area contributed by atoms with Crippen molar-refractivity contribution < 1.29 is 14.4 Å². The Hall–Kier alpha value is -3.15. The molecule has 0 aliphatic carbocycles. The van der Waals surface area contributed by atoms with Crippen LogP contribution in [0.3, 0.4) is 0 Å². The number of nitrogens with one attached hydrogen (secondary N) is 1. The van der Waals surface area contributed by atoms with Crippen molar-refractivity contribution in [2.45, 2.75) is 19.9 Å². The topological polar surface area (TPSA) is 92.5 Å². The molecule has 2 aromatic carbocycles. The molecule has 2 aromatic rings. The van der Waals surface area contributed by atoms with Crippen LogP contribution in [0.4, 0.5) is 5.69 Å². The Kier molecular flexibility index (Phi) is 6.28. The zero-order valence-electron chi connectivity index (χ0n) is 14.1. The Labute approximate surface area is 146 Å². The van der Waals surface area contributed by atoms with Crippen molar-refractivity contribution >= 4 is 23.4 Å². The summed E-state index contributed by atoms with van der Waals surface area (Å²) in [6.07, 6.45) is 0.185. The Morgan fingerprint density at radius 2 is 1.64 bits per heavy atom. The molecule has 6 nitrogen and oxygen atoms in total. The van der Waals surface area contributed by atoms with E-state index in [-0.39, 0.29) is 18.2 Å². The maximum atomic E-state index is 12.1. The summed E-state index contributed by atoms with van der Waals surface area (Å²) >= 11 is 0. The largest absolute Gasteiger partial charge is 0.366 e. The van der Waals surface area contributed by atoms with E-state index in [1.807, 2.05) is 30.3 Å². The van der Waals surface area contributed by atoms with Gasteiger partial charge in [0.1, 0.15) is 0 Å². The van der Waals surface area contributed by atoms with Gasteiger partial charge in [0.15, 0.2) is 0 Å². The van der Waals surface area contributed by atoms with Crippen LogP contribution in [0.5, 0.6) is 0 Å². The molecule has 130 valence electrons. The fraction of sp³-hybridized carbons (Fsp3) is 0.211. The molecule has 0 radical (unpaired) electrons. The number of benzene rings is 2. The molecule has 0 saturated heterocycles. The van der Waals surface area contributed by atoms with Crippen molar-refractivity contribution in [3.05, 3.63) is 65.7 Å². The zero-order chi connectivity index (χ0) is 18.2. The highest BCUT2D eigenvalue weighted by atomic mass is 16.2. The lowest BCUT2D eigenvalue weighted by atomic mass is 10.2. The van der Waals surface area contributed by atoms with E-state index >= 15 is 0 Å². The van der Waals surface area contributed by atoms with Gasteiger partial charge in [-0.2, -0.15) is 0 Å². The average Bonchev–Trinajstić information content (AvgIpc) is 2.59. The summed E-state index contributed by atoms with van der Waals surface area (Å²) in [5.74, 6) is -0.801. The summed E-state index contributed by atoms with van der Waals surface area (Å²) < 4.78 is 0. The Morgan fingerprint density at radius 1 is 1.00 bits per heavy atom. The molecule has 0 unspecified atom stereocenters. The van der Waals surface area contributed by atoms with Gasteiger partial charge in [0.2, 0.25) is 17.7 Å². The molecule has 0 saturated carbocycles. The maximum absolute atomic E-state index is 12.1. The van der Waals surface area contributed by atoms with Gasteiger partial charge in [-0.15, -0.1) is 0 Å². The second kappa shape index (κ2) is 8.63. The van der Waals surface area contributed by atoms with Crippen LogP contribution in [0.15, 0.2) is 54.6 Å². The predicted molar refractivity (Wildman–Crippen MR) is 95.7 cm³/mol. The molecule has 0 aliphatic heterocycles. The van der Waals surface area contributed by atoms with Crippen LogP contribution in [0.25, 0.3) is 0 Å². The van der Waals surface area contributed by atoms with Crippen molar-refractivity contribution in [1.29, 1.82) is 0 Å². The number of amides is 3. The van der Waals surface area contributed by atoms with Crippen molar-refractivity contribution in [3.8, 4) is 0 Å². The lowest BCUT2D eigenvalue weighted by Gasteiger charge is -2.21. The average molecular weight is 339 g/mol. The second-order valence-corrected chi connectivity index (χ2v) is 5.67. The molecule has 3 amide bonds. The molecule has 0 aliphatic rings. The third-order valence-electron chi connectivity index (χ3n) is 3.72. The number of hydrogen-bond donors (Lipinski definition) is 2. The predicted octanol–water partition coefficient (Wildman–Crippen LogP) is 2.16. The van der Waals surface area contributed by atoms with E-state index in [0.717, 1.165) is 5.56 Å². The van der Waals surface area contributed by atoms with E-state index in [2.05, 4.69) is 5.32 Å². The number of carbonyl (C=O) groups is 3. The summed E-state index contributed by atoms with van der Waals surface area (Å²) in [6.45, 7) is 2.29. The van der Waals surface area contributed by atoms with Crippen molar-refractivity contribution in [2.75, 3.05) is 11.9 Å². The van der Waals surface area contributed by atoms with Gasteiger partial charge in [-0.05, 0) is 29.8 Å². The van der Waals surface area contributed by atoms with E-state index in [1.165, 1.54) is 6.92 Å². The fourth-order valence-electron chi connectivity index (χ4n) is 2.33. The monoisotopic (exact) mass is 339 g/mol. The molecule has 25 heavy (non-hydrogen) atoms. The van der Waals surface area contributed by atoms with Gasteiger partial charge in [-0.1, -0.05) is 30.3 Å². The highest BCUT2D eigenvalue weighted by molar-refractivity contribution is 5.94. The molecule has 0 heterocycles. The third-order valence-corrected chi connectivity index (χ3v) is 3.72. The van der Waals surface area contributed by atoms with Crippen LogP contribution in [-0.4, -0.2) is 29.2 Å². The minimum atomic E-state index is -0.518. The molecule has 0 spiro atoms. The van der Waals surface area contributed by atoms with Gasteiger partial charge in [-0.3, -0.25) is 14.4 Å². The van der Waals surface area contributed by atoms with Gasteiger partial charge >= 0.3 is 0 Å². The van der Waals surface area contributed by atoms with Gasteiger partial charge in [0.05, 0.1) is 0 Å². The SMILES string of the molecule is CC(=O)N(CCC(=O)Nc1ccc(C(N)=O)cc1)Cc1ccccc1. The highest BCUT2D eigenvalue weighted by Crippen LogP contribution is 2.10. The summed E-state index contributed by atoms with van der Waals surface area (Å²) in [6, 6.07) is 16.0. The van der Waals surface area contributed by atoms with Crippen LogP contribution in [-0.2, 0) is 16.1 Å². The van der Waals surface area contributed by atoms with E-state index < -0.39 is 5.91 Å². The van der Waals surface area contributed by atoms with E-state index in [4.69, 9.17) is 5.73 Å². The highest BCUT2D eigenvalue weighted by Gasteiger charge is 2.12. The Bertz CT molecular complexity index is 742. The van der Waals surface area contributed by atoms with E-state index in [1.54, 1.807) is 29.2 Å². The summed E-state index contributed by atoms with van der Waals surface area (Å²) in [4.78, 5) is 36.5. The quantitative estimate of drug-likeness (QED) is 0.809.